The van der Waals surface area contributed by atoms with Gasteiger partial charge < -0.3 is 9.47 Å². The Bertz CT molecular complexity index is 2850. The van der Waals surface area contributed by atoms with E-state index in [0.29, 0.717) is 17.1 Å². The van der Waals surface area contributed by atoms with Crippen LogP contribution < -0.4 is 4.90 Å². The second kappa shape index (κ2) is 13.0. The molecule has 0 bridgehead atoms. The van der Waals surface area contributed by atoms with Gasteiger partial charge in [-0.25, -0.2) is 26.3 Å². The fraction of sp³-hybridized carbons (Fsp3) is 0. The number of hydrogen-bond donors (Lipinski definition) is 0. The molecule has 54 heavy (non-hydrogen) atoms. The quantitative estimate of drug-likeness (QED) is 0.0943. The molecule has 0 saturated heterocycles. The lowest BCUT2D eigenvalue weighted by Gasteiger charge is -2.26. The molecule has 8 aromatic carbocycles. The number of aromatic nitrogens is 1. The summed E-state index contributed by atoms with van der Waals surface area (Å²) in [5.74, 6) is -10.5. The van der Waals surface area contributed by atoms with E-state index in [2.05, 4.69) is 65.2 Å². The van der Waals surface area contributed by atoms with Crippen molar-refractivity contribution in [2.24, 2.45) is 0 Å². The van der Waals surface area contributed by atoms with Gasteiger partial charge in [0.2, 0.25) is 5.82 Å². The lowest BCUT2D eigenvalue weighted by Crippen LogP contribution is -2.10. The summed E-state index contributed by atoms with van der Waals surface area (Å²) < 4.78 is 87.2. The fourth-order valence-electron chi connectivity index (χ4n) is 7.22. The van der Waals surface area contributed by atoms with Crippen molar-refractivity contribution < 1.29 is 26.3 Å². The zero-order chi connectivity index (χ0) is 37.1. The van der Waals surface area contributed by atoms with Crippen LogP contribution in [-0.2, 0) is 0 Å². The van der Waals surface area contributed by atoms with E-state index in [9.17, 15) is 26.3 Å². The van der Waals surface area contributed by atoms with Gasteiger partial charge in [0.15, 0.2) is 23.3 Å². The maximum Gasteiger partial charge on any atom is 0.200 e. The number of halogens is 6. The van der Waals surface area contributed by atoms with Gasteiger partial charge in [-0.2, -0.15) is 0 Å². The van der Waals surface area contributed by atoms with Gasteiger partial charge >= 0.3 is 0 Å². The Balaban J connectivity index is 1.10. The van der Waals surface area contributed by atoms with Gasteiger partial charge in [-0.1, -0.05) is 78.9 Å². The lowest BCUT2D eigenvalue weighted by atomic mass is 10.0. The van der Waals surface area contributed by atoms with Crippen molar-refractivity contribution >= 4 is 49.6 Å². The van der Waals surface area contributed by atoms with E-state index in [-0.39, 0.29) is 5.56 Å². The minimum atomic E-state index is -2.22. The first-order valence-corrected chi connectivity index (χ1v) is 17.1. The highest BCUT2D eigenvalue weighted by atomic mass is 19.2. The van der Waals surface area contributed by atoms with Crippen LogP contribution in [0.15, 0.2) is 158 Å². The number of rotatable bonds is 6. The standard InChI is InChI=1S/C46H26F6N2/c47-32-15-22-35(23-16-32)53(34-19-12-29(13-20-34)41-42(48)44(50)46(52)45(51)43(41)49)33-17-9-28(10-18-33)31-14-24-40-38(26-31)37-7-3-4-8-39(37)54(40)36-21-11-27-5-1-2-6-30(27)25-36/h1-26H. The van der Waals surface area contributed by atoms with E-state index in [4.69, 9.17) is 0 Å². The van der Waals surface area contributed by atoms with Gasteiger partial charge in [-0.05, 0) is 106 Å². The molecule has 0 N–H and O–H groups in total. The predicted octanol–water partition coefficient (Wildman–Crippen LogP) is 13.6. The van der Waals surface area contributed by atoms with E-state index in [1.54, 1.807) is 17.0 Å². The van der Waals surface area contributed by atoms with E-state index >= 15 is 0 Å². The van der Waals surface area contributed by atoms with Crippen molar-refractivity contribution in [1.82, 2.24) is 4.57 Å². The van der Waals surface area contributed by atoms with Gasteiger partial charge in [0.1, 0.15) is 5.82 Å². The highest BCUT2D eigenvalue weighted by molar-refractivity contribution is 6.10. The van der Waals surface area contributed by atoms with Crippen LogP contribution in [0.1, 0.15) is 0 Å². The maximum atomic E-state index is 14.6. The van der Waals surface area contributed by atoms with Crippen molar-refractivity contribution in [2.75, 3.05) is 4.90 Å². The third kappa shape index (κ3) is 5.46. The second-order valence-electron chi connectivity index (χ2n) is 13.0. The number of nitrogens with zero attached hydrogens (tertiary/aromatic N) is 2. The summed E-state index contributed by atoms with van der Waals surface area (Å²) in [6.07, 6.45) is 0. The molecule has 0 atom stereocenters. The Hall–Kier alpha value is -6.80. The smallest absolute Gasteiger partial charge is 0.200 e. The SMILES string of the molecule is Fc1ccc(N(c2ccc(-c3ccc4c(c3)c3ccccc3n4-c3ccc4ccccc4c3)cc2)c2ccc(-c3c(F)c(F)c(F)c(F)c3F)cc2)cc1. The molecular weight excluding hydrogens is 695 g/mol. The highest BCUT2D eigenvalue weighted by Gasteiger charge is 2.27. The van der Waals surface area contributed by atoms with Gasteiger partial charge in [-0.3, -0.25) is 0 Å². The molecule has 8 heteroatoms. The Morgan fingerprint density at radius 1 is 0.370 bits per heavy atom. The molecule has 0 spiro atoms. The molecule has 9 aromatic rings. The van der Waals surface area contributed by atoms with E-state index in [0.717, 1.165) is 44.0 Å². The summed E-state index contributed by atoms with van der Waals surface area (Å²) in [5.41, 5.74) is 5.73. The van der Waals surface area contributed by atoms with Crippen LogP contribution >= 0.6 is 0 Å². The Kier molecular flexibility index (Phi) is 7.96. The molecule has 0 aliphatic rings. The van der Waals surface area contributed by atoms with Crippen molar-refractivity contribution in [3.05, 3.63) is 193 Å². The number of para-hydroxylation sites is 1. The van der Waals surface area contributed by atoms with Gasteiger partial charge in [0.25, 0.3) is 0 Å². The van der Waals surface area contributed by atoms with Gasteiger partial charge in [0, 0.05) is 33.5 Å². The molecule has 0 unspecified atom stereocenters. The number of hydrogen-bond acceptors (Lipinski definition) is 1. The third-order valence-corrected chi connectivity index (χ3v) is 9.83. The average molecular weight is 721 g/mol. The van der Waals surface area contributed by atoms with Crippen molar-refractivity contribution in [3.8, 4) is 27.9 Å². The third-order valence-electron chi connectivity index (χ3n) is 9.83. The maximum absolute atomic E-state index is 14.6. The zero-order valence-electron chi connectivity index (χ0n) is 28.2. The van der Waals surface area contributed by atoms with Crippen molar-refractivity contribution in [3.63, 3.8) is 0 Å². The van der Waals surface area contributed by atoms with E-state index in [1.165, 1.54) is 41.8 Å². The van der Waals surface area contributed by atoms with E-state index in [1.807, 2.05) is 48.5 Å². The molecule has 0 aliphatic carbocycles. The molecule has 1 aromatic heterocycles. The number of fused-ring (bicyclic) bond motifs is 4. The monoisotopic (exact) mass is 720 g/mol. The molecule has 9 rings (SSSR count). The fourth-order valence-corrected chi connectivity index (χ4v) is 7.22. The molecule has 0 saturated carbocycles. The number of anilines is 3. The topological polar surface area (TPSA) is 8.17 Å². The molecule has 0 amide bonds. The Labute approximate surface area is 305 Å². The molecular formula is C46H26F6N2. The van der Waals surface area contributed by atoms with Crippen LogP contribution in [0, 0.1) is 34.9 Å². The molecule has 0 fully saturated rings. The predicted molar refractivity (Wildman–Crippen MR) is 204 cm³/mol. The van der Waals surface area contributed by atoms with Crippen LogP contribution in [-0.4, -0.2) is 4.57 Å². The molecule has 0 aliphatic heterocycles. The molecule has 0 radical (unpaired) electrons. The van der Waals surface area contributed by atoms with Gasteiger partial charge in [-0.15, -0.1) is 0 Å². The summed E-state index contributed by atoms with van der Waals surface area (Å²) in [7, 11) is 0. The van der Waals surface area contributed by atoms with Crippen LogP contribution in [0.2, 0.25) is 0 Å². The average Bonchev–Trinajstić information content (AvgIpc) is 3.54. The zero-order valence-corrected chi connectivity index (χ0v) is 28.2. The van der Waals surface area contributed by atoms with Crippen LogP contribution in [0.25, 0.3) is 60.5 Å². The van der Waals surface area contributed by atoms with Crippen molar-refractivity contribution in [1.29, 1.82) is 0 Å². The molecule has 2 nitrogen and oxygen atoms in total. The summed E-state index contributed by atoms with van der Waals surface area (Å²) >= 11 is 0. The second-order valence-corrected chi connectivity index (χ2v) is 13.0. The van der Waals surface area contributed by atoms with Crippen molar-refractivity contribution in [2.45, 2.75) is 0 Å². The van der Waals surface area contributed by atoms with Crippen LogP contribution in [0.4, 0.5) is 43.4 Å². The summed E-state index contributed by atoms with van der Waals surface area (Å²) in [5, 5.41) is 4.55. The first-order chi connectivity index (χ1) is 26.3. The van der Waals surface area contributed by atoms with E-state index < -0.39 is 40.5 Å². The minimum absolute atomic E-state index is 0.196. The van der Waals surface area contributed by atoms with Crippen LogP contribution in [0.3, 0.4) is 0 Å². The molecule has 1 heterocycles. The summed E-state index contributed by atoms with van der Waals surface area (Å²) in [4.78, 5) is 1.80. The highest BCUT2D eigenvalue weighted by Crippen LogP contribution is 2.40. The van der Waals surface area contributed by atoms with Crippen LogP contribution in [0.5, 0.6) is 0 Å². The van der Waals surface area contributed by atoms with Gasteiger partial charge in [0.05, 0.1) is 16.6 Å². The first-order valence-electron chi connectivity index (χ1n) is 17.1. The summed E-state index contributed by atoms with van der Waals surface area (Å²) in [6, 6.07) is 48.6. The molecule has 262 valence electrons. The Morgan fingerprint density at radius 2 is 0.889 bits per heavy atom. The largest absolute Gasteiger partial charge is 0.311 e. The lowest BCUT2D eigenvalue weighted by molar-refractivity contribution is 0.381. The first kappa shape index (κ1) is 33.1. The number of benzene rings is 8. The minimum Gasteiger partial charge on any atom is -0.311 e. The normalized spacial score (nSPS) is 11.5. The Morgan fingerprint density at radius 3 is 1.56 bits per heavy atom. The summed E-state index contributed by atoms with van der Waals surface area (Å²) in [6.45, 7) is 0.